The molecule has 0 saturated heterocycles. The molecule has 0 spiro atoms. The van der Waals surface area contributed by atoms with Crippen molar-refractivity contribution in [2.24, 2.45) is 0 Å². The van der Waals surface area contributed by atoms with E-state index in [9.17, 15) is 9.59 Å². The Morgan fingerprint density at radius 3 is 1.50 bits per heavy atom. The van der Waals surface area contributed by atoms with Gasteiger partial charge in [-0.2, -0.15) is 0 Å². The van der Waals surface area contributed by atoms with Crippen LogP contribution in [0.15, 0.2) is 0 Å². The first-order valence-electron chi connectivity index (χ1n) is 4.52. The molecule has 0 N–H and O–H groups in total. The minimum atomic E-state index is -0.328. The highest BCUT2D eigenvalue weighted by atomic mass is 16.6. The standard InChI is InChI=1S/C6H12O2.C4H8O2/c1-5(7)8-6(2,3)4;1-3-6-4(2)5/h1-4H3;3H2,1-2H3. The molecule has 0 aromatic carbocycles. The van der Waals surface area contributed by atoms with Crippen molar-refractivity contribution >= 4 is 11.9 Å². The van der Waals surface area contributed by atoms with E-state index in [2.05, 4.69) is 4.74 Å². The lowest BCUT2D eigenvalue weighted by atomic mass is 10.2. The van der Waals surface area contributed by atoms with E-state index >= 15 is 0 Å². The Balaban J connectivity index is 0. The monoisotopic (exact) mass is 204 g/mol. The fourth-order valence-corrected chi connectivity index (χ4v) is 0.634. The molecule has 0 radical (unpaired) electrons. The third-order valence-electron chi connectivity index (χ3n) is 0.798. The van der Waals surface area contributed by atoms with Gasteiger partial charge in [-0.1, -0.05) is 0 Å². The van der Waals surface area contributed by atoms with Gasteiger partial charge in [0.15, 0.2) is 0 Å². The molecule has 0 saturated carbocycles. The second kappa shape index (κ2) is 7.35. The fourth-order valence-electron chi connectivity index (χ4n) is 0.634. The summed E-state index contributed by atoms with van der Waals surface area (Å²) in [5, 5.41) is 0. The van der Waals surface area contributed by atoms with Crippen LogP contribution < -0.4 is 0 Å². The van der Waals surface area contributed by atoms with Crippen molar-refractivity contribution in [3.8, 4) is 0 Å². The zero-order valence-corrected chi connectivity index (χ0v) is 9.84. The molecule has 0 bridgehead atoms. The molecule has 84 valence electrons. The van der Waals surface area contributed by atoms with Gasteiger partial charge in [-0.15, -0.1) is 0 Å². The molecule has 0 aliphatic carbocycles. The Morgan fingerprint density at radius 1 is 1.07 bits per heavy atom. The van der Waals surface area contributed by atoms with Crippen LogP contribution in [0.3, 0.4) is 0 Å². The van der Waals surface area contributed by atoms with Crippen LogP contribution in [0.1, 0.15) is 41.5 Å². The summed E-state index contributed by atoms with van der Waals surface area (Å²) in [6.07, 6.45) is 0. The van der Waals surface area contributed by atoms with Crippen molar-refractivity contribution in [1.82, 2.24) is 0 Å². The summed E-state index contributed by atoms with van der Waals surface area (Å²) >= 11 is 0. The number of ether oxygens (including phenoxy) is 2. The molecule has 4 heteroatoms. The van der Waals surface area contributed by atoms with Gasteiger partial charge in [0.05, 0.1) is 6.61 Å². The van der Waals surface area contributed by atoms with Gasteiger partial charge in [0.2, 0.25) is 0 Å². The van der Waals surface area contributed by atoms with E-state index in [1.165, 1.54) is 13.8 Å². The molecule has 0 heterocycles. The van der Waals surface area contributed by atoms with Crippen LogP contribution in [0.25, 0.3) is 0 Å². The first kappa shape index (κ1) is 15.4. The Bertz CT molecular complexity index is 179. The summed E-state index contributed by atoms with van der Waals surface area (Å²) in [4.78, 5) is 20.1. The number of carbonyl (C=O) groups is 2. The molecule has 0 amide bonds. The Labute approximate surface area is 85.6 Å². The lowest BCUT2D eigenvalue weighted by Gasteiger charge is -2.17. The molecule has 0 atom stereocenters. The maximum atomic E-state index is 10.2. The second-order valence-electron chi connectivity index (χ2n) is 3.63. The minimum absolute atomic E-state index is 0.211. The molecule has 0 aromatic rings. The first-order chi connectivity index (χ1) is 6.19. The van der Waals surface area contributed by atoms with Crippen molar-refractivity contribution < 1.29 is 19.1 Å². The van der Waals surface area contributed by atoms with E-state index in [0.717, 1.165) is 0 Å². The van der Waals surface area contributed by atoms with Gasteiger partial charge in [0.25, 0.3) is 0 Å². The number of hydrogen-bond donors (Lipinski definition) is 0. The molecule has 0 aliphatic rings. The lowest BCUT2D eigenvalue weighted by molar-refractivity contribution is -0.152. The second-order valence-corrected chi connectivity index (χ2v) is 3.63. The van der Waals surface area contributed by atoms with E-state index < -0.39 is 0 Å². The highest BCUT2D eigenvalue weighted by Gasteiger charge is 2.11. The molecule has 0 fully saturated rings. The molecule has 4 nitrogen and oxygen atoms in total. The third kappa shape index (κ3) is 22.4. The van der Waals surface area contributed by atoms with E-state index in [1.807, 2.05) is 20.8 Å². The SMILES string of the molecule is CC(=O)OC(C)(C)C.CCOC(C)=O. The predicted octanol–water partition coefficient (Wildman–Crippen LogP) is 1.92. The quantitative estimate of drug-likeness (QED) is 0.612. The van der Waals surface area contributed by atoms with Crippen molar-refractivity contribution in [2.75, 3.05) is 6.61 Å². The number of rotatable bonds is 1. The van der Waals surface area contributed by atoms with Gasteiger partial charge >= 0.3 is 11.9 Å². The number of hydrogen-bond acceptors (Lipinski definition) is 4. The Kier molecular flexibility index (Phi) is 8.10. The lowest BCUT2D eigenvalue weighted by Crippen LogP contribution is -2.21. The van der Waals surface area contributed by atoms with E-state index in [4.69, 9.17) is 4.74 Å². The average molecular weight is 204 g/mol. The summed E-state index contributed by atoms with van der Waals surface area (Å²) < 4.78 is 9.20. The molecule has 0 aromatic heterocycles. The smallest absolute Gasteiger partial charge is 0.303 e. The van der Waals surface area contributed by atoms with Crippen LogP contribution in [0.4, 0.5) is 0 Å². The number of esters is 2. The van der Waals surface area contributed by atoms with Crippen LogP contribution in [-0.2, 0) is 19.1 Å². The van der Waals surface area contributed by atoms with Crippen LogP contribution in [-0.4, -0.2) is 24.1 Å². The van der Waals surface area contributed by atoms with E-state index in [-0.39, 0.29) is 17.5 Å². The summed E-state index contributed by atoms with van der Waals surface area (Å²) in [5.74, 6) is -0.435. The van der Waals surface area contributed by atoms with Crippen molar-refractivity contribution in [1.29, 1.82) is 0 Å². The fraction of sp³-hybridized carbons (Fsp3) is 0.800. The van der Waals surface area contributed by atoms with E-state index in [1.54, 1.807) is 6.92 Å². The zero-order chi connectivity index (χ0) is 11.8. The minimum Gasteiger partial charge on any atom is -0.466 e. The van der Waals surface area contributed by atoms with Crippen molar-refractivity contribution in [3.63, 3.8) is 0 Å². The van der Waals surface area contributed by atoms with Gasteiger partial charge in [0, 0.05) is 13.8 Å². The highest BCUT2D eigenvalue weighted by molar-refractivity contribution is 5.66. The Morgan fingerprint density at radius 2 is 1.50 bits per heavy atom. The largest absolute Gasteiger partial charge is 0.466 e. The molecular formula is C10H20O4. The number of carbonyl (C=O) groups excluding carboxylic acids is 2. The van der Waals surface area contributed by atoms with Gasteiger partial charge < -0.3 is 9.47 Å². The summed E-state index contributed by atoms with van der Waals surface area (Å²) in [5.41, 5.74) is -0.328. The van der Waals surface area contributed by atoms with Gasteiger partial charge in [-0.3, -0.25) is 9.59 Å². The van der Waals surface area contributed by atoms with Crippen molar-refractivity contribution in [3.05, 3.63) is 0 Å². The normalized spacial score (nSPS) is 9.57. The summed E-state index contributed by atoms with van der Waals surface area (Å²) in [6, 6.07) is 0. The molecular weight excluding hydrogens is 184 g/mol. The Hall–Kier alpha value is -1.06. The summed E-state index contributed by atoms with van der Waals surface area (Å²) in [7, 11) is 0. The van der Waals surface area contributed by atoms with Crippen molar-refractivity contribution in [2.45, 2.75) is 47.1 Å². The van der Waals surface area contributed by atoms with Crippen LogP contribution in [0, 0.1) is 0 Å². The van der Waals surface area contributed by atoms with E-state index in [0.29, 0.717) is 6.61 Å². The highest BCUT2D eigenvalue weighted by Crippen LogP contribution is 2.05. The maximum absolute atomic E-state index is 10.2. The van der Waals surface area contributed by atoms with Gasteiger partial charge in [0.1, 0.15) is 5.60 Å². The molecule has 14 heavy (non-hydrogen) atoms. The zero-order valence-electron chi connectivity index (χ0n) is 9.84. The maximum Gasteiger partial charge on any atom is 0.303 e. The van der Waals surface area contributed by atoms with Crippen LogP contribution in [0.2, 0.25) is 0 Å². The third-order valence-corrected chi connectivity index (χ3v) is 0.798. The average Bonchev–Trinajstić information content (AvgIpc) is 1.80. The predicted molar refractivity (Wildman–Crippen MR) is 53.8 cm³/mol. The van der Waals surface area contributed by atoms with Gasteiger partial charge in [-0.05, 0) is 27.7 Å². The first-order valence-corrected chi connectivity index (χ1v) is 4.52. The topological polar surface area (TPSA) is 52.6 Å². The van der Waals surface area contributed by atoms with Crippen LogP contribution in [0.5, 0.6) is 0 Å². The summed E-state index contributed by atoms with van der Waals surface area (Å²) in [6.45, 7) is 10.6. The molecule has 0 rings (SSSR count). The van der Waals surface area contributed by atoms with Gasteiger partial charge in [-0.25, -0.2) is 0 Å². The molecule has 0 unspecified atom stereocenters. The van der Waals surface area contributed by atoms with Crippen LogP contribution >= 0.6 is 0 Å². The molecule has 0 aliphatic heterocycles.